The fraction of sp³-hybridized carbons (Fsp3) is 0.350. The third-order valence-corrected chi connectivity index (χ3v) is 5.91. The van der Waals surface area contributed by atoms with Crippen LogP contribution in [0.3, 0.4) is 0 Å². The molecule has 0 radical (unpaired) electrons. The second-order valence-electron chi connectivity index (χ2n) is 7.89. The molecule has 8 heteroatoms. The molecule has 1 aliphatic heterocycles. The highest BCUT2D eigenvalue weighted by Gasteiger charge is 2.51. The number of hydrogen-bond acceptors (Lipinski definition) is 4. The predicted molar refractivity (Wildman–Crippen MR) is 108 cm³/mol. The Bertz CT molecular complexity index is 1030. The zero-order chi connectivity index (χ0) is 20.3. The van der Waals surface area contributed by atoms with E-state index in [0.717, 1.165) is 11.2 Å². The van der Waals surface area contributed by atoms with Crippen molar-refractivity contribution in [2.45, 2.75) is 38.9 Å². The van der Waals surface area contributed by atoms with Gasteiger partial charge in [0.25, 0.3) is 0 Å². The fourth-order valence-electron chi connectivity index (χ4n) is 3.14. The van der Waals surface area contributed by atoms with Crippen molar-refractivity contribution in [2.75, 3.05) is 7.11 Å². The summed E-state index contributed by atoms with van der Waals surface area (Å²) in [5.74, 6) is -0.350. The van der Waals surface area contributed by atoms with Crippen molar-refractivity contribution in [1.29, 1.82) is 0 Å². The lowest BCUT2D eigenvalue weighted by Gasteiger charge is -2.32. The van der Waals surface area contributed by atoms with Crippen molar-refractivity contribution in [3.8, 4) is 11.4 Å². The van der Waals surface area contributed by atoms with Gasteiger partial charge in [0.05, 0.1) is 29.5 Å². The summed E-state index contributed by atoms with van der Waals surface area (Å²) >= 11 is 6.49. The fourth-order valence-corrected chi connectivity index (χ4v) is 3.42. The van der Waals surface area contributed by atoms with Crippen LogP contribution in [0.4, 0.5) is 4.39 Å². The molecular formula is C20H21BClFN2O3. The Morgan fingerprint density at radius 1 is 1.07 bits per heavy atom. The molecule has 0 N–H and O–H groups in total. The molecule has 0 aliphatic carbocycles. The van der Waals surface area contributed by atoms with E-state index in [1.807, 2.05) is 52.0 Å². The summed E-state index contributed by atoms with van der Waals surface area (Å²) in [5.41, 5.74) is 1.31. The normalized spacial score (nSPS) is 18.0. The molecule has 146 valence electrons. The Hall–Kier alpha value is -2.09. The summed E-state index contributed by atoms with van der Waals surface area (Å²) in [4.78, 5) is 0. The quantitative estimate of drug-likeness (QED) is 0.618. The van der Waals surface area contributed by atoms with E-state index in [1.165, 1.54) is 13.2 Å². The zero-order valence-corrected chi connectivity index (χ0v) is 17.2. The van der Waals surface area contributed by atoms with Crippen LogP contribution < -0.4 is 10.2 Å². The summed E-state index contributed by atoms with van der Waals surface area (Å²) in [6, 6.07) is 10.5. The van der Waals surface area contributed by atoms with Gasteiger partial charge in [-0.15, -0.1) is 0 Å². The molecule has 28 heavy (non-hydrogen) atoms. The molecule has 1 fully saturated rings. The van der Waals surface area contributed by atoms with Crippen LogP contribution in [0.1, 0.15) is 27.7 Å². The summed E-state index contributed by atoms with van der Waals surface area (Å²) in [7, 11) is 0.974. The number of benzene rings is 2. The van der Waals surface area contributed by atoms with Crippen molar-refractivity contribution in [3.05, 3.63) is 47.4 Å². The lowest BCUT2D eigenvalue weighted by Crippen LogP contribution is -2.41. The van der Waals surface area contributed by atoms with Crippen molar-refractivity contribution in [1.82, 2.24) is 9.78 Å². The summed E-state index contributed by atoms with van der Waals surface area (Å²) in [6.07, 6.45) is 0. The molecule has 5 nitrogen and oxygen atoms in total. The first-order chi connectivity index (χ1) is 13.1. The van der Waals surface area contributed by atoms with Gasteiger partial charge in [0, 0.05) is 11.5 Å². The second kappa shape index (κ2) is 6.47. The molecular weight excluding hydrogens is 381 g/mol. The Morgan fingerprint density at radius 3 is 2.25 bits per heavy atom. The van der Waals surface area contributed by atoms with E-state index in [4.69, 9.17) is 25.6 Å². The number of aromatic nitrogens is 2. The average Bonchev–Trinajstić information content (AvgIpc) is 3.06. The van der Waals surface area contributed by atoms with Crippen molar-refractivity contribution in [2.24, 2.45) is 0 Å². The molecule has 0 unspecified atom stereocenters. The van der Waals surface area contributed by atoms with Gasteiger partial charge in [-0.25, -0.2) is 9.07 Å². The lowest BCUT2D eigenvalue weighted by molar-refractivity contribution is 0.00578. The lowest BCUT2D eigenvalue weighted by atomic mass is 9.79. The molecule has 1 saturated heterocycles. The highest BCUT2D eigenvalue weighted by atomic mass is 35.5. The van der Waals surface area contributed by atoms with E-state index in [1.54, 1.807) is 10.7 Å². The van der Waals surface area contributed by atoms with Crippen LogP contribution >= 0.6 is 11.6 Å². The van der Waals surface area contributed by atoms with Gasteiger partial charge < -0.3 is 14.0 Å². The molecule has 0 spiro atoms. The number of hydrogen-bond donors (Lipinski definition) is 0. The number of halogens is 2. The van der Waals surface area contributed by atoms with E-state index in [2.05, 4.69) is 5.10 Å². The maximum atomic E-state index is 14.0. The van der Waals surface area contributed by atoms with Crippen molar-refractivity contribution < 1.29 is 18.4 Å². The Balaban J connectivity index is 1.67. The van der Waals surface area contributed by atoms with Gasteiger partial charge in [0.1, 0.15) is 5.15 Å². The van der Waals surface area contributed by atoms with Gasteiger partial charge in [-0.2, -0.15) is 5.10 Å². The highest BCUT2D eigenvalue weighted by Crippen LogP contribution is 2.36. The average molecular weight is 403 g/mol. The van der Waals surface area contributed by atoms with Crippen LogP contribution in [0, 0.1) is 5.82 Å². The van der Waals surface area contributed by atoms with Gasteiger partial charge in [-0.3, -0.25) is 0 Å². The zero-order valence-electron chi connectivity index (χ0n) is 16.4. The Kier molecular flexibility index (Phi) is 4.45. The van der Waals surface area contributed by atoms with Crippen LogP contribution in [0.5, 0.6) is 5.75 Å². The minimum absolute atomic E-state index is 0.130. The number of nitrogens with zero attached hydrogens (tertiary/aromatic N) is 2. The first kappa shape index (κ1) is 19.2. The van der Waals surface area contributed by atoms with Crippen LogP contribution in [-0.2, 0) is 9.31 Å². The van der Waals surface area contributed by atoms with Crippen LogP contribution in [0.15, 0.2) is 36.4 Å². The van der Waals surface area contributed by atoms with Crippen LogP contribution in [0.25, 0.3) is 16.6 Å². The molecule has 0 bridgehead atoms. The van der Waals surface area contributed by atoms with E-state index < -0.39 is 24.1 Å². The van der Waals surface area contributed by atoms with Gasteiger partial charge in [-0.1, -0.05) is 23.7 Å². The number of ether oxygens (including phenoxy) is 1. The van der Waals surface area contributed by atoms with E-state index in [0.29, 0.717) is 16.1 Å². The second-order valence-corrected chi connectivity index (χ2v) is 8.24. The first-order valence-electron chi connectivity index (χ1n) is 9.01. The number of fused-ring (bicyclic) bond motifs is 1. The van der Waals surface area contributed by atoms with Gasteiger partial charge >= 0.3 is 7.12 Å². The highest BCUT2D eigenvalue weighted by molar-refractivity contribution is 6.62. The van der Waals surface area contributed by atoms with Crippen LogP contribution in [0.2, 0.25) is 5.15 Å². The maximum Gasteiger partial charge on any atom is 0.494 e. The van der Waals surface area contributed by atoms with E-state index in [-0.39, 0.29) is 5.75 Å². The van der Waals surface area contributed by atoms with Gasteiger partial charge in [0.15, 0.2) is 11.6 Å². The topological polar surface area (TPSA) is 45.5 Å². The third-order valence-electron chi connectivity index (χ3n) is 5.55. The molecule has 3 aromatic rings. The third kappa shape index (κ3) is 2.98. The SMILES string of the molecule is COc1cc2c(Cl)n(-c3ccc(B4OC(C)(C)C(C)(C)O4)cc3)nc2cc1F. The van der Waals surface area contributed by atoms with Gasteiger partial charge in [-0.05, 0) is 51.4 Å². The number of methoxy groups -OCH3 is 1. The monoisotopic (exact) mass is 402 g/mol. The van der Waals surface area contributed by atoms with E-state index >= 15 is 0 Å². The van der Waals surface area contributed by atoms with Gasteiger partial charge in [0.2, 0.25) is 0 Å². The van der Waals surface area contributed by atoms with Crippen molar-refractivity contribution >= 4 is 35.1 Å². The Labute approximate surface area is 168 Å². The molecule has 4 rings (SSSR count). The smallest absolute Gasteiger partial charge is 0.494 e. The summed E-state index contributed by atoms with van der Waals surface area (Å²) < 4.78 is 32.7. The summed E-state index contributed by atoms with van der Waals surface area (Å²) in [6.45, 7) is 8.07. The predicted octanol–water partition coefficient (Wildman–Crippen LogP) is 4.13. The van der Waals surface area contributed by atoms with Crippen molar-refractivity contribution in [3.63, 3.8) is 0 Å². The van der Waals surface area contributed by atoms with E-state index in [9.17, 15) is 4.39 Å². The molecule has 2 aromatic carbocycles. The largest absolute Gasteiger partial charge is 0.494 e. The minimum atomic E-state index is -0.479. The molecule has 0 atom stereocenters. The molecule has 0 amide bonds. The maximum absolute atomic E-state index is 14.0. The molecule has 1 aromatic heterocycles. The van der Waals surface area contributed by atoms with Crippen LogP contribution in [-0.4, -0.2) is 35.2 Å². The molecule has 0 saturated carbocycles. The molecule has 2 heterocycles. The standard InChI is InChI=1S/C20H21BClFN2O3/c1-19(2)20(3,4)28-21(27-19)12-6-8-13(9-7-12)25-18(22)14-10-17(26-5)15(23)11-16(14)24-25/h6-11H,1-5H3. The Morgan fingerprint density at radius 2 is 1.68 bits per heavy atom. The minimum Gasteiger partial charge on any atom is -0.494 e. The summed E-state index contributed by atoms with van der Waals surface area (Å²) in [5, 5.41) is 5.42. The number of rotatable bonds is 3. The first-order valence-corrected chi connectivity index (χ1v) is 9.38. The molecule has 1 aliphatic rings.